The van der Waals surface area contributed by atoms with Crippen LogP contribution in [0.15, 0.2) is 91.0 Å². The van der Waals surface area contributed by atoms with E-state index in [1.807, 2.05) is 91.0 Å². The summed E-state index contributed by atoms with van der Waals surface area (Å²) in [6.07, 6.45) is 0.889. The maximum absolute atomic E-state index is 13.5. The molecule has 0 aliphatic carbocycles. The van der Waals surface area contributed by atoms with Crippen LogP contribution in [-0.4, -0.2) is 29.3 Å². The number of likely N-dealkylation sites (tertiary alicyclic amines) is 1. The molecule has 6 heteroatoms. The summed E-state index contributed by atoms with van der Waals surface area (Å²) in [7, 11) is 0. The van der Waals surface area contributed by atoms with Crippen LogP contribution in [0.3, 0.4) is 0 Å². The fraction of sp³-hybridized carbons (Fsp3) is 0.300. The lowest BCUT2D eigenvalue weighted by Crippen LogP contribution is -2.38. The second kappa shape index (κ2) is 12.7. The highest BCUT2D eigenvalue weighted by Crippen LogP contribution is 2.27. The van der Waals surface area contributed by atoms with Gasteiger partial charge >= 0.3 is 11.9 Å². The maximum Gasteiger partial charge on any atom is 0.311 e. The second-order valence-electron chi connectivity index (χ2n) is 9.12. The summed E-state index contributed by atoms with van der Waals surface area (Å²) in [5, 5.41) is 0. The molecule has 1 amide bonds. The molecule has 36 heavy (non-hydrogen) atoms. The number of benzene rings is 3. The van der Waals surface area contributed by atoms with E-state index < -0.39 is 17.8 Å². The minimum Gasteiger partial charge on any atom is -0.461 e. The number of hydrogen-bond donors (Lipinski definition) is 0. The molecule has 1 heterocycles. The van der Waals surface area contributed by atoms with Crippen molar-refractivity contribution in [3.63, 3.8) is 0 Å². The van der Waals surface area contributed by atoms with Gasteiger partial charge in [-0.25, -0.2) is 0 Å². The first-order valence-electron chi connectivity index (χ1n) is 12.3. The van der Waals surface area contributed by atoms with Gasteiger partial charge in [-0.2, -0.15) is 0 Å². The van der Waals surface area contributed by atoms with Crippen LogP contribution in [0.25, 0.3) is 0 Å². The summed E-state index contributed by atoms with van der Waals surface area (Å²) in [4.78, 5) is 40.7. The first-order valence-corrected chi connectivity index (χ1v) is 12.3. The van der Waals surface area contributed by atoms with E-state index in [4.69, 9.17) is 9.47 Å². The Morgan fingerprint density at radius 2 is 1.25 bits per heavy atom. The molecule has 1 unspecified atom stereocenters. The van der Waals surface area contributed by atoms with Crippen molar-refractivity contribution in [1.29, 1.82) is 0 Å². The summed E-state index contributed by atoms with van der Waals surface area (Å²) in [6.45, 7) is 0.995. The molecule has 0 spiro atoms. The average Bonchev–Trinajstić information content (AvgIpc) is 3.07. The predicted molar refractivity (Wildman–Crippen MR) is 135 cm³/mol. The molecule has 2 atom stereocenters. The number of amides is 1. The predicted octanol–water partition coefficient (Wildman–Crippen LogP) is 4.92. The van der Waals surface area contributed by atoms with Crippen LogP contribution in [0.2, 0.25) is 0 Å². The molecule has 4 rings (SSSR count). The molecule has 0 N–H and O–H groups in total. The Hall–Kier alpha value is -3.93. The number of rotatable bonds is 9. The summed E-state index contributed by atoms with van der Waals surface area (Å²) < 4.78 is 11.0. The third-order valence-corrected chi connectivity index (χ3v) is 6.39. The van der Waals surface area contributed by atoms with Crippen molar-refractivity contribution < 1.29 is 23.9 Å². The summed E-state index contributed by atoms with van der Waals surface area (Å²) >= 11 is 0. The van der Waals surface area contributed by atoms with Gasteiger partial charge in [-0.3, -0.25) is 14.4 Å². The summed E-state index contributed by atoms with van der Waals surface area (Å²) in [5.41, 5.74) is 2.77. The van der Waals surface area contributed by atoms with Crippen molar-refractivity contribution in [2.24, 2.45) is 11.8 Å². The van der Waals surface area contributed by atoms with Crippen LogP contribution in [0.4, 0.5) is 0 Å². The molecule has 1 aliphatic rings. The Labute approximate surface area is 211 Å². The van der Waals surface area contributed by atoms with Gasteiger partial charge in [0, 0.05) is 19.0 Å². The van der Waals surface area contributed by atoms with Gasteiger partial charge in [0.25, 0.3) is 0 Å². The maximum atomic E-state index is 13.5. The zero-order valence-electron chi connectivity index (χ0n) is 20.3. The Balaban J connectivity index is 1.41. The third kappa shape index (κ3) is 7.28. The Kier molecular flexibility index (Phi) is 8.87. The smallest absolute Gasteiger partial charge is 0.311 e. The largest absolute Gasteiger partial charge is 0.461 e. The van der Waals surface area contributed by atoms with E-state index in [0.717, 1.165) is 16.7 Å². The number of ether oxygens (including phenoxy) is 2. The monoisotopic (exact) mass is 485 g/mol. The van der Waals surface area contributed by atoms with Crippen LogP contribution < -0.4 is 0 Å². The van der Waals surface area contributed by atoms with Crippen LogP contribution in [0, 0.1) is 11.8 Å². The second-order valence-corrected chi connectivity index (χ2v) is 9.12. The molecule has 0 aromatic heterocycles. The van der Waals surface area contributed by atoms with Gasteiger partial charge in [0.15, 0.2) is 0 Å². The van der Waals surface area contributed by atoms with E-state index in [2.05, 4.69) is 0 Å². The quantitative estimate of drug-likeness (QED) is 0.403. The van der Waals surface area contributed by atoms with Gasteiger partial charge in [-0.1, -0.05) is 91.0 Å². The van der Waals surface area contributed by atoms with E-state index in [-0.39, 0.29) is 38.1 Å². The Bertz CT molecular complexity index is 1130. The fourth-order valence-electron chi connectivity index (χ4n) is 4.40. The molecule has 6 nitrogen and oxygen atoms in total. The van der Waals surface area contributed by atoms with E-state index in [9.17, 15) is 14.4 Å². The van der Waals surface area contributed by atoms with Gasteiger partial charge < -0.3 is 14.4 Å². The summed E-state index contributed by atoms with van der Waals surface area (Å²) in [6, 6.07) is 28.6. The van der Waals surface area contributed by atoms with Gasteiger partial charge in [-0.15, -0.1) is 0 Å². The van der Waals surface area contributed by atoms with E-state index in [0.29, 0.717) is 19.4 Å². The zero-order chi connectivity index (χ0) is 25.2. The molecule has 0 bridgehead atoms. The number of esters is 2. The standard InChI is InChI=1S/C30H31NO5/c32-28(35-21-24-12-6-2-7-13-24)18-26-16-17-27(30(34)36-22-25-14-8-3-9-15-25)20-31(29(26)33)19-23-10-4-1-5-11-23/h1-15,26-27H,16-22H2/t26?,27-/m0/s1. The lowest BCUT2D eigenvalue weighted by atomic mass is 9.95. The zero-order valence-corrected chi connectivity index (χ0v) is 20.3. The Morgan fingerprint density at radius 3 is 1.83 bits per heavy atom. The molecule has 1 aliphatic heterocycles. The van der Waals surface area contributed by atoms with Crippen LogP contribution in [0.1, 0.15) is 36.0 Å². The SMILES string of the molecule is O=C(CC1CC[C@H](C(=O)OCc2ccccc2)CN(Cc2ccccc2)C1=O)OCc1ccccc1. The van der Waals surface area contributed by atoms with Crippen molar-refractivity contribution in [2.75, 3.05) is 6.54 Å². The van der Waals surface area contributed by atoms with Gasteiger partial charge in [0.2, 0.25) is 5.91 Å². The highest BCUT2D eigenvalue weighted by molar-refractivity contribution is 5.85. The van der Waals surface area contributed by atoms with E-state index in [1.165, 1.54) is 0 Å². The van der Waals surface area contributed by atoms with Crippen molar-refractivity contribution in [2.45, 2.75) is 39.0 Å². The molecule has 3 aromatic carbocycles. The van der Waals surface area contributed by atoms with Crippen molar-refractivity contribution in [3.05, 3.63) is 108 Å². The number of nitrogens with zero attached hydrogens (tertiary/aromatic N) is 1. The van der Waals surface area contributed by atoms with Crippen molar-refractivity contribution in [1.82, 2.24) is 4.90 Å². The minimum absolute atomic E-state index is 0.0112. The number of carbonyl (C=O) groups excluding carboxylic acids is 3. The number of hydrogen-bond acceptors (Lipinski definition) is 5. The Morgan fingerprint density at radius 1 is 0.722 bits per heavy atom. The lowest BCUT2D eigenvalue weighted by Gasteiger charge is -2.26. The first kappa shape index (κ1) is 25.2. The minimum atomic E-state index is -0.538. The molecular weight excluding hydrogens is 454 g/mol. The van der Waals surface area contributed by atoms with Gasteiger partial charge in [0.05, 0.1) is 12.3 Å². The molecule has 1 saturated heterocycles. The third-order valence-electron chi connectivity index (χ3n) is 6.39. The first-order chi connectivity index (χ1) is 17.6. The van der Waals surface area contributed by atoms with Crippen LogP contribution in [-0.2, 0) is 43.6 Å². The van der Waals surface area contributed by atoms with E-state index in [1.54, 1.807) is 4.90 Å². The lowest BCUT2D eigenvalue weighted by molar-refractivity contribution is -0.152. The van der Waals surface area contributed by atoms with Gasteiger partial charge in [-0.05, 0) is 29.5 Å². The fourth-order valence-corrected chi connectivity index (χ4v) is 4.40. The molecule has 3 aromatic rings. The average molecular weight is 486 g/mol. The van der Waals surface area contributed by atoms with Gasteiger partial charge in [0.1, 0.15) is 13.2 Å². The molecule has 1 fully saturated rings. The highest BCUT2D eigenvalue weighted by Gasteiger charge is 2.36. The van der Waals surface area contributed by atoms with Crippen molar-refractivity contribution >= 4 is 17.8 Å². The molecule has 0 saturated carbocycles. The highest BCUT2D eigenvalue weighted by atomic mass is 16.5. The topological polar surface area (TPSA) is 72.9 Å². The summed E-state index contributed by atoms with van der Waals surface area (Å²) in [5.74, 6) is -1.86. The van der Waals surface area contributed by atoms with E-state index >= 15 is 0 Å². The van der Waals surface area contributed by atoms with Crippen molar-refractivity contribution in [3.8, 4) is 0 Å². The molecule has 0 radical (unpaired) electrons. The molecule has 186 valence electrons. The van der Waals surface area contributed by atoms with Crippen LogP contribution in [0.5, 0.6) is 0 Å². The normalized spacial score (nSPS) is 17.8. The van der Waals surface area contributed by atoms with Crippen LogP contribution >= 0.6 is 0 Å². The molecular formula is C30H31NO5. The number of carbonyl (C=O) groups is 3.